The van der Waals surface area contributed by atoms with Crippen LogP contribution < -0.4 is 4.90 Å². The maximum Gasteiger partial charge on any atom is 0.328 e. The lowest BCUT2D eigenvalue weighted by Crippen LogP contribution is -2.40. The van der Waals surface area contributed by atoms with Gasteiger partial charge in [-0.25, -0.2) is 9.59 Å². The molecule has 0 radical (unpaired) electrons. The van der Waals surface area contributed by atoms with Crippen molar-refractivity contribution in [2.75, 3.05) is 18.5 Å². The number of carbonyl (C=O) groups excluding carboxylic acids is 1. The average molecular weight is 248 g/mol. The SMILES string of the molecule is Cc1ccc(C)c(N2C(=O)N(C)CC2C(=O)O)c1. The molecule has 0 spiro atoms. The van der Waals surface area contributed by atoms with E-state index in [4.69, 9.17) is 0 Å². The summed E-state index contributed by atoms with van der Waals surface area (Å²) in [5, 5.41) is 9.22. The molecule has 0 bridgehead atoms. The van der Waals surface area contributed by atoms with Crippen molar-refractivity contribution in [1.82, 2.24) is 4.90 Å². The van der Waals surface area contributed by atoms with Crippen molar-refractivity contribution in [2.45, 2.75) is 19.9 Å². The molecule has 0 aliphatic carbocycles. The molecular formula is C13H16N2O3. The Morgan fingerprint density at radius 1 is 1.39 bits per heavy atom. The fourth-order valence-electron chi connectivity index (χ4n) is 2.17. The van der Waals surface area contributed by atoms with Gasteiger partial charge in [0.2, 0.25) is 0 Å². The van der Waals surface area contributed by atoms with Crippen LogP contribution in [0.25, 0.3) is 0 Å². The van der Waals surface area contributed by atoms with E-state index in [1.165, 1.54) is 9.80 Å². The number of rotatable bonds is 2. The third kappa shape index (κ3) is 1.92. The summed E-state index contributed by atoms with van der Waals surface area (Å²) in [5.74, 6) is -0.978. The Morgan fingerprint density at radius 2 is 2.06 bits per heavy atom. The van der Waals surface area contributed by atoms with Crippen molar-refractivity contribution in [1.29, 1.82) is 0 Å². The normalized spacial score (nSPS) is 19.5. The number of aryl methyl sites for hydroxylation is 2. The number of benzene rings is 1. The molecule has 1 N–H and O–H groups in total. The highest BCUT2D eigenvalue weighted by Crippen LogP contribution is 2.28. The van der Waals surface area contributed by atoms with Gasteiger partial charge in [-0.3, -0.25) is 4.90 Å². The largest absolute Gasteiger partial charge is 0.480 e. The number of carbonyl (C=O) groups is 2. The third-order valence-corrected chi connectivity index (χ3v) is 3.20. The van der Waals surface area contributed by atoms with Crippen LogP contribution in [0.1, 0.15) is 11.1 Å². The second-order valence-electron chi connectivity index (χ2n) is 4.68. The predicted octanol–water partition coefficient (Wildman–Crippen LogP) is 1.63. The zero-order valence-electron chi connectivity index (χ0n) is 10.7. The highest BCUT2D eigenvalue weighted by Gasteiger charge is 2.41. The maximum atomic E-state index is 12.1. The summed E-state index contributed by atoms with van der Waals surface area (Å²) in [6.45, 7) is 4.00. The Bertz CT molecular complexity index is 513. The number of aliphatic carboxylic acids is 1. The van der Waals surface area contributed by atoms with Gasteiger partial charge in [0.15, 0.2) is 6.04 Å². The minimum absolute atomic E-state index is 0.210. The third-order valence-electron chi connectivity index (χ3n) is 3.20. The Hall–Kier alpha value is -2.04. The van der Waals surface area contributed by atoms with Crippen molar-refractivity contribution in [2.24, 2.45) is 0 Å². The zero-order chi connectivity index (χ0) is 13.4. The molecule has 2 amide bonds. The number of carboxylic acids is 1. The Kier molecular flexibility index (Phi) is 2.98. The molecule has 5 nitrogen and oxygen atoms in total. The molecular weight excluding hydrogens is 232 g/mol. The van der Waals surface area contributed by atoms with Crippen LogP contribution in [0.4, 0.5) is 10.5 Å². The lowest BCUT2D eigenvalue weighted by Gasteiger charge is -2.22. The summed E-state index contributed by atoms with van der Waals surface area (Å²) in [4.78, 5) is 26.1. The summed E-state index contributed by atoms with van der Waals surface area (Å²) in [5.41, 5.74) is 2.58. The first-order valence-corrected chi connectivity index (χ1v) is 5.76. The summed E-state index contributed by atoms with van der Waals surface area (Å²) >= 11 is 0. The average Bonchev–Trinajstić information content (AvgIpc) is 2.60. The molecule has 1 saturated heterocycles. The second-order valence-corrected chi connectivity index (χ2v) is 4.68. The van der Waals surface area contributed by atoms with Gasteiger partial charge >= 0.3 is 12.0 Å². The minimum atomic E-state index is -0.978. The smallest absolute Gasteiger partial charge is 0.328 e. The maximum absolute atomic E-state index is 12.1. The number of hydrogen-bond acceptors (Lipinski definition) is 2. The standard InChI is InChI=1S/C13H16N2O3/c1-8-4-5-9(2)10(6-8)15-11(12(16)17)7-14(3)13(15)18/h4-6,11H,7H2,1-3H3,(H,16,17). The highest BCUT2D eigenvalue weighted by molar-refractivity contribution is 6.01. The van der Waals surface area contributed by atoms with Gasteiger partial charge in [0, 0.05) is 12.7 Å². The van der Waals surface area contributed by atoms with Crippen LogP contribution in [0.5, 0.6) is 0 Å². The molecule has 0 aromatic heterocycles. The van der Waals surface area contributed by atoms with Gasteiger partial charge < -0.3 is 10.0 Å². The van der Waals surface area contributed by atoms with Gasteiger partial charge in [0.25, 0.3) is 0 Å². The first-order valence-electron chi connectivity index (χ1n) is 5.76. The molecule has 5 heteroatoms. The fraction of sp³-hybridized carbons (Fsp3) is 0.385. The number of carboxylic acid groups (broad SMARTS) is 1. The number of hydrogen-bond donors (Lipinski definition) is 1. The molecule has 1 aromatic carbocycles. The van der Waals surface area contributed by atoms with Crippen LogP contribution in [0, 0.1) is 13.8 Å². The number of likely N-dealkylation sites (N-methyl/N-ethyl adjacent to an activating group) is 1. The van der Waals surface area contributed by atoms with Gasteiger partial charge in [-0.15, -0.1) is 0 Å². The molecule has 18 heavy (non-hydrogen) atoms. The topological polar surface area (TPSA) is 60.9 Å². The van der Waals surface area contributed by atoms with E-state index < -0.39 is 12.0 Å². The minimum Gasteiger partial charge on any atom is -0.480 e. The molecule has 0 saturated carbocycles. The van der Waals surface area contributed by atoms with E-state index in [2.05, 4.69) is 0 Å². The Balaban J connectivity index is 2.49. The Labute approximate surface area is 106 Å². The van der Waals surface area contributed by atoms with Crippen LogP contribution in [0.2, 0.25) is 0 Å². The Morgan fingerprint density at radius 3 is 2.67 bits per heavy atom. The van der Waals surface area contributed by atoms with Gasteiger partial charge in [-0.05, 0) is 31.0 Å². The summed E-state index contributed by atoms with van der Waals surface area (Å²) < 4.78 is 0. The number of anilines is 1. The molecule has 1 aliphatic heterocycles. The van der Waals surface area contributed by atoms with E-state index in [0.717, 1.165) is 11.1 Å². The summed E-state index contributed by atoms with van der Waals surface area (Å²) in [7, 11) is 1.61. The highest BCUT2D eigenvalue weighted by atomic mass is 16.4. The summed E-state index contributed by atoms with van der Waals surface area (Å²) in [6, 6.07) is 4.61. The molecule has 1 aliphatic rings. The van der Waals surface area contributed by atoms with Crippen molar-refractivity contribution in [3.8, 4) is 0 Å². The van der Waals surface area contributed by atoms with Gasteiger partial charge in [-0.1, -0.05) is 12.1 Å². The van der Waals surface area contributed by atoms with Crippen LogP contribution in [-0.2, 0) is 4.79 Å². The quantitative estimate of drug-likeness (QED) is 0.865. The number of urea groups is 1. The monoisotopic (exact) mass is 248 g/mol. The van der Waals surface area contributed by atoms with Gasteiger partial charge in [0.1, 0.15) is 0 Å². The lowest BCUT2D eigenvalue weighted by atomic mass is 10.1. The molecule has 1 fully saturated rings. The van der Waals surface area contributed by atoms with Crippen LogP contribution >= 0.6 is 0 Å². The van der Waals surface area contributed by atoms with E-state index in [-0.39, 0.29) is 12.6 Å². The zero-order valence-corrected chi connectivity index (χ0v) is 10.7. The van der Waals surface area contributed by atoms with Crippen molar-refractivity contribution >= 4 is 17.7 Å². The lowest BCUT2D eigenvalue weighted by molar-refractivity contribution is -0.138. The molecule has 1 atom stereocenters. The van der Waals surface area contributed by atoms with Crippen molar-refractivity contribution in [3.63, 3.8) is 0 Å². The van der Waals surface area contributed by atoms with Gasteiger partial charge in [0.05, 0.1) is 6.54 Å². The van der Waals surface area contributed by atoms with E-state index in [9.17, 15) is 14.7 Å². The van der Waals surface area contributed by atoms with E-state index in [1.54, 1.807) is 7.05 Å². The van der Waals surface area contributed by atoms with Crippen LogP contribution in [0.3, 0.4) is 0 Å². The fourth-order valence-corrected chi connectivity index (χ4v) is 2.17. The number of amides is 2. The second kappa shape index (κ2) is 4.33. The van der Waals surface area contributed by atoms with Crippen molar-refractivity contribution in [3.05, 3.63) is 29.3 Å². The van der Waals surface area contributed by atoms with E-state index in [0.29, 0.717) is 5.69 Å². The summed E-state index contributed by atoms with van der Waals surface area (Å²) in [6.07, 6.45) is 0. The van der Waals surface area contributed by atoms with Crippen LogP contribution in [-0.4, -0.2) is 41.6 Å². The van der Waals surface area contributed by atoms with Crippen LogP contribution in [0.15, 0.2) is 18.2 Å². The molecule has 1 heterocycles. The van der Waals surface area contributed by atoms with E-state index >= 15 is 0 Å². The van der Waals surface area contributed by atoms with Crippen molar-refractivity contribution < 1.29 is 14.7 Å². The molecule has 1 unspecified atom stereocenters. The van der Waals surface area contributed by atoms with E-state index in [1.807, 2.05) is 32.0 Å². The predicted molar refractivity (Wildman–Crippen MR) is 67.8 cm³/mol. The molecule has 1 aromatic rings. The molecule has 96 valence electrons. The molecule has 2 rings (SSSR count). The first-order chi connectivity index (χ1) is 8.41. The van der Waals surface area contributed by atoms with Gasteiger partial charge in [-0.2, -0.15) is 0 Å². The first kappa shape index (κ1) is 12.4. The number of nitrogens with zero attached hydrogens (tertiary/aromatic N) is 2.